The number of aromatic nitrogens is 2. The number of benzene rings is 2. The van der Waals surface area contributed by atoms with Gasteiger partial charge in [-0.3, -0.25) is 5.10 Å². The molecule has 3 aromatic rings. The Morgan fingerprint density at radius 3 is 2.80 bits per heavy atom. The number of nitrogens with one attached hydrogen (secondary N) is 2. The molecule has 0 bridgehead atoms. The van der Waals surface area contributed by atoms with E-state index in [9.17, 15) is 0 Å². The molecule has 0 saturated carbocycles. The average Bonchev–Trinajstić information content (AvgIpc) is 2.91. The van der Waals surface area contributed by atoms with Crippen molar-refractivity contribution >= 4 is 28.2 Å². The van der Waals surface area contributed by atoms with Gasteiger partial charge in [-0.1, -0.05) is 29.8 Å². The van der Waals surface area contributed by atoms with Crippen molar-refractivity contribution in [1.82, 2.24) is 10.2 Å². The highest BCUT2D eigenvalue weighted by atomic mass is 35.5. The minimum atomic E-state index is 0.330. The molecule has 3 rings (SSSR count). The molecule has 2 aromatic carbocycles. The van der Waals surface area contributed by atoms with Crippen molar-refractivity contribution in [2.75, 3.05) is 5.32 Å². The summed E-state index contributed by atoms with van der Waals surface area (Å²) in [5.41, 5.74) is 3.43. The van der Waals surface area contributed by atoms with Gasteiger partial charge in [0.25, 0.3) is 0 Å². The predicted molar refractivity (Wildman–Crippen MR) is 84.3 cm³/mol. The lowest BCUT2D eigenvalue weighted by atomic mass is 10.1. The lowest BCUT2D eigenvalue weighted by molar-refractivity contribution is 0.791. The summed E-state index contributed by atoms with van der Waals surface area (Å²) in [6, 6.07) is 14.5. The third-order valence-corrected chi connectivity index (χ3v) is 3.59. The molecule has 0 spiro atoms. The van der Waals surface area contributed by atoms with Crippen LogP contribution in [0.5, 0.6) is 0 Å². The monoisotopic (exact) mass is 285 g/mol. The molecule has 0 amide bonds. The van der Waals surface area contributed by atoms with Crippen molar-refractivity contribution in [1.29, 1.82) is 0 Å². The Morgan fingerprint density at radius 2 is 2.00 bits per heavy atom. The molecule has 20 heavy (non-hydrogen) atoms. The molecule has 0 aliphatic heterocycles. The molecular weight excluding hydrogens is 270 g/mol. The first-order chi connectivity index (χ1) is 9.72. The van der Waals surface area contributed by atoms with Gasteiger partial charge in [0.05, 0.1) is 11.7 Å². The van der Waals surface area contributed by atoms with Gasteiger partial charge in [0, 0.05) is 22.1 Å². The fourth-order valence-electron chi connectivity index (χ4n) is 2.38. The molecule has 1 atom stereocenters. The summed E-state index contributed by atoms with van der Waals surface area (Å²) >= 11 is 5.90. The Balaban J connectivity index is 1.74. The van der Waals surface area contributed by atoms with E-state index in [4.69, 9.17) is 11.6 Å². The SMILES string of the molecule is CC(Cc1ccc(Cl)cc1)Nc1cccc2[nH]ncc12. The number of nitrogens with zero attached hydrogens (tertiary/aromatic N) is 1. The molecule has 0 aliphatic rings. The molecule has 3 nitrogen and oxygen atoms in total. The third-order valence-electron chi connectivity index (χ3n) is 3.34. The molecule has 0 aliphatic carbocycles. The summed E-state index contributed by atoms with van der Waals surface area (Å²) in [6.45, 7) is 2.17. The Hall–Kier alpha value is -2.00. The van der Waals surface area contributed by atoms with Gasteiger partial charge in [0.15, 0.2) is 0 Å². The summed E-state index contributed by atoms with van der Waals surface area (Å²) in [5.74, 6) is 0. The summed E-state index contributed by atoms with van der Waals surface area (Å²) in [5, 5.41) is 12.5. The van der Waals surface area contributed by atoms with Crippen molar-refractivity contribution in [2.24, 2.45) is 0 Å². The number of hydrogen-bond donors (Lipinski definition) is 2. The number of anilines is 1. The maximum atomic E-state index is 5.90. The van der Waals surface area contributed by atoms with E-state index < -0.39 is 0 Å². The maximum Gasteiger partial charge on any atom is 0.0671 e. The second-order valence-corrected chi connectivity index (χ2v) is 5.45. The van der Waals surface area contributed by atoms with E-state index in [1.165, 1.54) is 5.56 Å². The van der Waals surface area contributed by atoms with Gasteiger partial charge in [0.1, 0.15) is 0 Å². The Labute approximate surface area is 123 Å². The largest absolute Gasteiger partial charge is 0.382 e. The van der Waals surface area contributed by atoms with Crippen molar-refractivity contribution < 1.29 is 0 Å². The van der Waals surface area contributed by atoms with Crippen LogP contribution in [0.3, 0.4) is 0 Å². The minimum Gasteiger partial charge on any atom is -0.382 e. The zero-order valence-corrected chi connectivity index (χ0v) is 12.0. The molecule has 0 fully saturated rings. The number of aromatic amines is 1. The molecule has 102 valence electrons. The van der Waals surface area contributed by atoms with Gasteiger partial charge in [0.2, 0.25) is 0 Å². The molecular formula is C16H16ClN3. The van der Waals surface area contributed by atoms with Crippen LogP contribution in [0.4, 0.5) is 5.69 Å². The maximum absolute atomic E-state index is 5.90. The fraction of sp³-hybridized carbons (Fsp3) is 0.188. The number of halogens is 1. The summed E-state index contributed by atoms with van der Waals surface area (Å²) in [4.78, 5) is 0. The van der Waals surface area contributed by atoms with Crippen molar-refractivity contribution in [3.63, 3.8) is 0 Å². The van der Waals surface area contributed by atoms with E-state index in [1.807, 2.05) is 30.5 Å². The second kappa shape index (κ2) is 5.55. The quantitative estimate of drug-likeness (QED) is 0.752. The predicted octanol–water partition coefficient (Wildman–Crippen LogP) is 4.26. The first-order valence-corrected chi connectivity index (χ1v) is 7.03. The molecule has 0 radical (unpaired) electrons. The van der Waals surface area contributed by atoms with Crippen LogP contribution in [0.2, 0.25) is 5.02 Å². The van der Waals surface area contributed by atoms with Gasteiger partial charge in [-0.15, -0.1) is 0 Å². The van der Waals surface area contributed by atoms with Crippen LogP contribution in [0.15, 0.2) is 48.7 Å². The van der Waals surface area contributed by atoms with Gasteiger partial charge in [-0.05, 0) is 43.2 Å². The van der Waals surface area contributed by atoms with E-state index in [0.717, 1.165) is 28.0 Å². The van der Waals surface area contributed by atoms with Gasteiger partial charge in [-0.25, -0.2) is 0 Å². The normalized spacial score (nSPS) is 12.5. The standard InChI is InChI=1S/C16H16ClN3/c1-11(9-12-5-7-13(17)8-6-12)19-15-3-2-4-16-14(15)10-18-20-16/h2-8,10-11,19H,9H2,1H3,(H,18,20). The average molecular weight is 286 g/mol. The summed E-state index contributed by atoms with van der Waals surface area (Å²) in [6.07, 6.45) is 2.80. The molecule has 1 heterocycles. The Morgan fingerprint density at radius 1 is 1.20 bits per heavy atom. The van der Waals surface area contributed by atoms with Crippen LogP contribution < -0.4 is 5.32 Å². The van der Waals surface area contributed by atoms with Crippen molar-refractivity contribution in [2.45, 2.75) is 19.4 Å². The Kier molecular flexibility index (Phi) is 3.61. The first kappa shape index (κ1) is 13.0. The van der Waals surface area contributed by atoms with Crippen LogP contribution in [-0.4, -0.2) is 16.2 Å². The highest BCUT2D eigenvalue weighted by Crippen LogP contribution is 2.22. The molecule has 0 saturated heterocycles. The first-order valence-electron chi connectivity index (χ1n) is 6.65. The zero-order chi connectivity index (χ0) is 13.9. The van der Waals surface area contributed by atoms with Crippen LogP contribution in [0.1, 0.15) is 12.5 Å². The lowest BCUT2D eigenvalue weighted by Gasteiger charge is -2.16. The lowest BCUT2D eigenvalue weighted by Crippen LogP contribution is -2.18. The van der Waals surface area contributed by atoms with Gasteiger partial charge in [-0.2, -0.15) is 5.10 Å². The van der Waals surface area contributed by atoms with Crippen LogP contribution in [-0.2, 0) is 6.42 Å². The van der Waals surface area contributed by atoms with Gasteiger partial charge >= 0.3 is 0 Å². The number of H-pyrrole nitrogens is 1. The Bertz CT molecular complexity index is 703. The third kappa shape index (κ3) is 2.78. The van der Waals surface area contributed by atoms with E-state index >= 15 is 0 Å². The van der Waals surface area contributed by atoms with E-state index in [0.29, 0.717) is 6.04 Å². The van der Waals surface area contributed by atoms with Gasteiger partial charge < -0.3 is 5.32 Å². The summed E-state index contributed by atoms with van der Waals surface area (Å²) < 4.78 is 0. The highest BCUT2D eigenvalue weighted by molar-refractivity contribution is 6.30. The van der Waals surface area contributed by atoms with Crippen LogP contribution >= 0.6 is 11.6 Å². The summed E-state index contributed by atoms with van der Waals surface area (Å²) in [7, 11) is 0. The smallest absolute Gasteiger partial charge is 0.0671 e. The van der Waals surface area contributed by atoms with E-state index in [1.54, 1.807) is 0 Å². The topological polar surface area (TPSA) is 40.7 Å². The molecule has 1 aromatic heterocycles. The van der Waals surface area contributed by atoms with E-state index in [-0.39, 0.29) is 0 Å². The van der Waals surface area contributed by atoms with Crippen molar-refractivity contribution in [3.05, 3.63) is 59.2 Å². The van der Waals surface area contributed by atoms with Crippen LogP contribution in [0.25, 0.3) is 10.9 Å². The highest BCUT2D eigenvalue weighted by Gasteiger charge is 2.07. The second-order valence-electron chi connectivity index (χ2n) is 5.01. The van der Waals surface area contributed by atoms with Crippen LogP contribution in [0, 0.1) is 0 Å². The number of rotatable bonds is 4. The number of fused-ring (bicyclic) bond motifs is 1. The molecule has 1 unspecified atom stereocenters. The van der Waals surface area contributed by atoms with Crippen molar-refractivity contribution in [3.8, 4) is 0 Å². The minimum absolute atomic E-state index is 0.330. The number of hydrogen-bond acceptors (Lipinski definition) is 2. The molecule has 4 heteroatoms. The fourth-order valence-corrected chi connectivity index (χ4v) is 2.51. The molecule has 2 N–H and O–H groups in total. The van der Waals surface area contributed by atoms with E-state index in [2.05, 4.69) is 40.6 Å². The zero-order valence-electron chi connectivity index (χ0n) is 11.2.